The minimum atomic E-state index is 0.0322. The van der Waals surface area contributed by atoms with E-state index in [2.05, 4.69) is 28.3 Å². The van der Waals surface area contributed by atoms with Gasteiger partial charge in [0.1, 0.15) is 16.2 Å². The van der Waals surface area contributed by atoms with Crippen LogP contribution < -0.4 is 11.1 Å². The standard InChI is InChI=1S/C12H16N4OS2/c1-8-6-9-11(15-7-16-12(9)19-8)18-5-2-10(17)14-4-3-13/h6-7H,2-5,13H2,1H3,(H,14,17). The molecule has 0 fully saturated rings. The third-order valence-electron chi connectivity index (χ3n) is 2.45. The molecule has 0 saturated carbocycles. The van der Waals surface area contributed by atoms with Crippen molar-refractivity contribution in [2.75, 3.05) is 18.8 Å². The van der Waals surface area contributed by atoms with Crippen LogP contribution in [0.3, 0.4) is 0 Å². The minimum absolute atomic E-state index is 0.0322. The van der Waals surface area contributed by atoms with Crippen LogP contribution in [-0.4, -0.2) is 34.7 Å². The number of fused-ring (bicyclic) bond motifs is 1. The zero-order valence-corrected chi connectivity index (χ0v) is 12.3. The van der Waals surface area contributed by atoms with Crippen molar-refractivity contribution in [2.45, 2.75) is 18.4 Å². The molecule has 0 saturated heterocycles. The third kappa shape index (κ3) is 3.89. The van der Waals surface area contributed by atoms with E-state index in [1.54, 1.807) is 29.4 Å². The fourth-order valence-electron chi connectivity index (χ4n) is 1.61. The summed E-state index contributed by atoms with van der Waals surface area (Å²) in [6, 6.07) is 2.09. The van der Waals surface area contributed by atoms with Crippen molar-refractivity contribution in [1.29, 1.82) is 0 Å². The van der Waals surface area contributed by atoms with Crippen LogP contribution >= 0.6 is 23.1 Å². The molecule has 0 aliphatic heterocycles. The fourth-order valence-corrected chi connectivity index (χ4v) is 3.44. The number of carbonyl (C=O) groups is 1. The normalized spacial score (nSPS) is 10.8. The molecule has 0 aliphatic carbocycles. The van der Waals surface area contributed by atoms with Crippen molar-refractivity contribution < 1.29 is 4.79 Å². The Hall–Kier alpha value is -1.18. The lowest BCUT2D eigenvalue weighted by atomic mass is 10.4. The molecule has 1 amide bonds. The molecule has 7 heteroatoms. The van der Waals surface area contributed by atoms with Gasteiger partial charge in [-0.15, -0.1) is 23.1 Å². The van der Waals surface area contributed by atoms with Crippen LogP contribution in [0, 0.1) is 6.92 Å². The summed E-state index contributed by atoms with van der Waals surface area (Å²) in [7, 11) is 0. The Bertz CT molecular complexity index is 570. The molecule has 2 heterocycles. The molecule has 2 rings (SSSR count). The van der Waals surface area contributed by atoms with Crippen molar-refractivity contribution in [1.82, 2.24) is 15.3 Å². The summed E-state index contributed by atoms with van der Waals surface area (Å²) in [5.74, 6) is 0.738. The molecule has 0 radical (unpaired) electrons. The molecule has 19 heavy (non-hydrogen) atoms. The van der Waals surface area contributed by atoms with E-state index in [0.29, 0.717) is 25.3 Å². The lowest BCUT2D eigenvalue weighted by molar-refractivity contribution is -0.120. The smallest absolute Gasteiger partial charge is 0.220 e. The first-order valence-corrected chi connectivity index (χ1v) is 7.81. The minimum Gasteiger partial charge on any atom is -0.355 e. The highest BCUT2D eigenvalue weighted by Crippen LogP contribution is 2.30. The van der Waals surface area contributed by atoms with Gasteiger partial charge in [-0.05, 0) is 13.0 Å². The Balaban J connectivity index is 1.93. The first-order valence-electron chi connectivity index (χ1n) is 6.01. The Kier molecular flexibility index (Phi) is 5.12. The number of thioether (sulfide) groups is 1. The van der Waals surface area contributed by atoms with E-state index in [-0.39, 0.29) is 5.91 Å². The number of nitrogens with one attached hydrogen (secondary N) is 1. The van der Waals surface area contributed by atoms with Gasteiger partial charge in [-0.3, -0.25) is 4.79 Å². The molecular weight excluding hydrogens is 280 g/mol. The van der Waals surface area contributed by atoms with Gasteiger partial charge in [0.15, 0.2) is 0 Å². The van der Waals surface area contributed by atoms with Gasteiger partial charge in [-0.25, -0.2) is 9.97 Å². The average molecular weight is 296 g/mol. The maximum absolute atomic E-state index is 11.4. The first-order chi connectivity index (χ1) is 9.20. The molecule has 0 unspecified atom stereocenters. The number of carbonyl (C=O) groups excluding carboxylic acids is 1. The zero-order valence-electron chi connectivity index (χ0n) is 10.7. The van der Waals surface area contributed by atoms with Crippen LogP contribution in [-0.2, 0) is 4.79 Å². The number of rotatable bonds is 6. The summed E-state index contributed by atoms with van der Waals surface area (Å²) < 4.78 is 0. The highest BCUT2D eigenvalue weighted by atomic mass is 32.2. The summed E-state index contributed by atoms with van der Waals surface area (Å²) in [4.78, 5) is 22.2. The van der Waals surface area contributed by atoms with E-state index in [1.165, 1.54) is 4.88 Å². The van der Waals surface area contributed by atoms with E-state index >= 15 is 0 Å². The monoisotopic (exact) mass is 296 g/mol. The molecule has 0 aliphatic rings. The molecular formula is C12H16N4OS2. The van der Waals surface area contributed by atoms with Crippen LogP contribution in [0.1, 0.15) is 11.3 Å². The number of nitrogens with zero attached hydrogens (tertiary/aromatic N) is 2. The summed E-state index contributed by atoms with van der Waals surface area (Å²) in [6.45, 7) is 3.06. The van der Waals surface area contributed by atoms with Crippen LogP contribution in [0.15, 0.2) is 17.4 Å². The van der Waals surface area contributed by atoms with E-state index in [1.807, 2.05) is 0 Å². The number of aromatic nitrogens is 2. The van der Waals surface area contributed by atoms with Crippen molar-refractivity contribution in [2.24, 2.45) is 5.73 Å². The lowest BCUT2D eigenvalue weighted by Crippen LogP contribution is -2.29. The van der Waals surface area contributed by atoms with Gasteiger partial charge in [0.05, 0.1) is 0 Å². The summed E-state index contributed by atoms with van der Waals surface area (Å²) in [5.41, 5.74) is 5.33. The highest BCUT2D eigenvalue weighted by Gasteiger charge is 2.08. The predicted octanol–water partition coefficient (Wildman–Crippen LogP) is 1.56. The van der Waals surface area contributed by atoms with Gasteiger partial charge in [0.25, 0.3) is 0 Å². The van der Waals surface area contributed by atoms with Crippen LogP contribution in [0.4, 0.5) is 0 Å². The van der Waals surface area contributed by atoms with Gasteiger partial charge in [-0.1, -0.05) is 0 Å². The number of amides is 1. The van der Waals surface area contributed by atoms with Gasteiger partial charge in [0, 0.05) is 35.5 Å². The molecule has 0 aromatic carbocycles. The Labute approximate surface area is 120 Å². The number of hydrogen-bond donors (Lipinski definition) is 2. The largest absolute Gasteiger partial charge is 0.355 e. The second-order valence-corrected chi connectivity index (χ2v) is 6.31. The Morgan fingerprint density at radius 2 is 2.37 bits per heavy atom. The van der Waals surface area contributed by atoms with Crippen molar-refractivity contribution in [3.8, 4) is 0 Å². The Morgan fingerprint density at radius 3 is 3.16 bits per heavy atom. The molecule has 5 nitrogen and oxygen atoms in total. The average Bonchev–Trinajstić information content (AvgIpc) is 2.77. The van der Waals surface area contributed by atoms with Crippen LogP contribution in [0.5, 0.6) is 0 Å². The molecule has 3 N–H and O–H groups in total. The second kappa shape index (κ2) is 6.83. The number of thiophene rings is 1. The first kappa shape index (κ1) is 14.2. The van der Waals surface area contributed by atoms with E-state index < -0.39 is 0 Å². The van der Waals surface area contributed by atoms with E-state index in [0.717, 1.165) is 15.2 Å². The SMILES string of the molecule is Cc1cc2c(SCCC(=O)NCCN)ncnc2s1. The summed E-state index contributed by atoms with van der Waals surface area (Å²) in [5, 5.41) is 4.78. The quantitative estimate of drug-likeness (QED) is 0.624. The third-order valence-corrected chi connectivity index (χ3v) is 4.42. The van der Waals surface area contributed by atoms with Gasteiger partial charge >= 0.3 is 0 Å². The highest BCUT2D eigenvalue weighted by molar-refractivity contribution is 7.99. The molecule has 0 bridgehead atoms. The van der Waals surface area contributed by atoms with Crippen molar-refractivity contribution >= 4 is 39.2 Å². The van der Waals surface area contributed by atoms with Crippen LogP contribution in [0.2, 0.25) is 0 Å². The maximum atomic E-state index is 11.4. The van der Waals surface area contributed by atoms with Crippen molar-refractivity contribution in [3.63, 3.8) is 0 Å². The number of hydrogen-bond acceptors (Lipinski definition) is 6. The number of nitrogens with two attached hydrogens (primary N) is 1. The van der Waals surface area contributed by atoms with E-state index in [9.17, 15) is 4.79 Å². The maximum Gasteiger partial charge on any atom is 0.220 e. The molecule has 2 aromatic heterocycles. The van der Waals surface area contributed by atoms with Crippen LogP contribution in [0.25, 0.3) is 10.2 Å². The van der Waals surface area contributed by atoms with E-state index in [4.69, 9.17) is 5.73 Å². The molecule has 0 atom stereocenters. The lowest BCUT2D eigenvalue weighted by Gasteiger charge is -2.03. The summed E-state index contributed by atoms with van der Waals surface area (Å²) >= 11 is 3.25. The Morgan fingerprint density at radius 1 is 1.53 bits per heavy atom. The van der Waals surface area contributed by atoms with Gasteiger partial charge in [0.2, 0.25) is 5.91 Å². The fraction of sp³-hybridized carbons (Fsp3) is 0.417. The molecule has 102 valence electrons. The summed E-state index contributed by atoms with van der Waals surface area (Å²) in [6.07, 6.45) is 2.05. The van der Waals surface area contributed by atoms with Gasteiger partial charge < -0.3 is 11.1 Å². The van der Waals surface area contributed by atoms with Gasteiger partial charge in [-0.2, -0.15) is 0 Å². The molecule has 0 spiro atoms. The zero-order chi connectivity index (χ0) is 13.7. The topological polar surface area (TPSA) is 80.9 Å². The second-order valence-electron chi connectivity index (χ2n) is 3.99. The predicted molar refractivity (Wildman–Crippen MR) is 79.6 cm³/mol. The van der Waals surface area contributed by atoms with Crippen molar-refractivity contribution in [3.05, 3.63) is 17.3 Å². The molecule has 2 aromatic rings. The number of aryl methyl sites for hydroxylation is 1.